The van der Waals surface area contributed by atoms with Crippen LogP contribution in [-0.4, -0.2) is 0 Å². The Morgan fingerprint density at radius 1 is 0.962 bits per heavy atom. The second-order valence-corrected chi connectivity index (χ2v) is 7.48. The minimum atomic E-state index is 0.302. The smallest absolute Gasteiger partial charge is 0.134 e. The molecule has 0 aliphatic carbocycles. The van der Waals surface area contributed by atoms with Gasteiger partial charge in [-0.15, -0.1) is 0 Å². The molecular weight excluding hydrogens is 410 g/mol. The summed E-state index contributed by atoms with van der Waals surface area (Å²) >= 11 is 9.52. The third-order valence-corrected chi connectivity index (χ3v) is 5.09. The molecule has 0 radical (unpaired) electrons. The highest BCUT2D eigenvalue weighted by atomic mass is 79.9. The lowest BCUT2D eigenvalue weighted by atomic mass is 10.1. The Hall–Kier alpha value is -1.81. The van der Waals surface area contributed by atoms with Gasteiger partial charge in [0.1, 0.15) is 12.4 Å². The fourth-order valence-corrected chi connectivity index (χ4v) is 3.31. The van der Waals surface area contributed by atoms with Gasteiger partial charge in [-0.1, -0.05) is 60.1 Å². The van der Waals surface area contributed by atoms with Gasteiger partial charge in [-0.2, -0.15) is 0 Å². The van der Waals surface area contributed by atoms with Crippen LogP contribution < -0.4 is 10.1 Å². The number of ether oxygens (including phenoxy) is 1. The van der Waals surface area contributed by atoms with Gasteiger partial charge in [0.05, 0.1) is 4.47 Å². The van der Waals surface area contributed by atoms with Crippen molar-refractivity contribution in [1.29, 1.82) is 0 Å². The van der Waals surface area contributed by atoms with Crippen molar-refractivity contribution in [3.8, 4) is 5.75 Å². The summed E-state index contributed by atoms with van der Waals surface area (Å²) in [4.78, 5) is 0. The van der Waals surface area contributed by atoms with Gasteiger partial charge in [0.15, 0.2) is 0 Å². The zero-order valence-electron chi connectivity index (χ0n) is 14.6. The third-order valence-electron chi connectivity index (χ3n) is 4.22. The number of rotatable bonds is 7. The Labute approximate surface area is 168 Å². The molecule has 0 unspecified atom stereocenters. The summed E-state index contributed by atoms with van der Waals surface area (Å²) in [6, 6.07) is 24.6. The van der Waals surface area contributed by atoms with Crippen LogP contribution in [0.5, 0.6) is 5.75 Å². The summed E-state index contributed by atoms with van der Waals surface area (Å²) < 4.78 is 6.86. The van der Waals surface area contributed by atoms with Crippen LogP contribution in [0.1, 0.15) is 29.7 Å². The number of hydrogen-bond acceptors (Lipinski definition) is 2. The van der Waals surface area contributed by atoms with Gasteiger partial charge in [-0.25, -0.2) is 0 Å². The van der Waals surface area contributed by atoms with E-state index in [1.54, 1.807) is 0 Å². The van der Waals surface area contributed by atoms with Crippen molar-refractivity contribution in [2.75, 3.05) is 0 Å². The molecule has 0 spiro atoms. The van der Waals surface area contributed by atoms with Gasteiger partial charge in [0.25, 0.3) is 0 Å². The number of hydrogen-bond donors (Lipinski definition) is 1. The zero-order valence-corrected chi connectivity index (χ0v) is 16.9. The minimum absolute atomic E-state index is 0.302. The van der Waals surface area contributed by atoms with Gasteiger partial charge < -0.3 is 10.1 Å². The van der Waals surface area contributed by atoms with Crippen LogP contribution in [0, 0.1) is 0 Å². The molecule has 3 aromatic carbocycles. The van der Waals surface area contributed by atoms with Crippen LogP contribution >= 0.6 is 27.5 Å². The lowest BCUT2D eigenvalue weighted by Gasteiger charge is -2.15. The Bertz CT molecular complexity index is 837. The monoisotopic (exact) mass is 429 g/mol. The summed E-state index contributed by atoms with van der Waals surface area (Å²) in [5.41, 5.74) is 3.58. The molecule has 0 bridgehead atoms. The van der Waals surface area contributed by atoms with Crippen LogP contribution in [0.3, 0.4) is 0 Å². The number of benzene rings is 3. The van der Waals surface area contributed by atoms with Crippen molar-refractivity contribution in [1.82, 2.24) is 5.32 Å². The molecule has 3 aromatic rings. The molecular formula is C22H21BrClNO. The van der Waals surface area contributed by atoms with Gasteiger partial charge in [0.2, 0.25) is 0 Å². The first-order chi connectivity index (χ1) is 12.6. The number of nitrogens with one attached hydrogen (secondary N) is 1. The highest BCUT2D eigenvalue weighted by Gasteiger charge is 2.07. The van der Waals surface area contributed by atoms with Crippen molar-refractivity contribution in [2.45, 2.75) is 26.1 Å². The predicted molar refractivity (Wildman–Crippen MR) is 112 cm³/mol. The Morgan fingerprint density at radius 2 is 1.65 bits per heavy atom. The van der Waals surface area contributed by atoms with Crippen LogP contribution in [0.25, 0.3) is 0 Å². The maximum Gasteiger partial charge on any atom is 0.134 e. The molecule has 0 fully saturated rings. The molecule has 0 amide bonds. The van der Waals surface area contributed by atoms with E-state index in [-0.39, 0.29) is 0 Å². The molecule has 2 nitrogen and oxygen atoms in total. The van der Waals surface area contributed by atoms with E-state index in [1.807, 2.05) is 36.4 Å². The van der Waals surface area contributed by atoms with Gasteiger partial charge >= 0.3 is 0 Å². The summed E-state index contributed by atoms with van der Waals surface area (Å²) in [6.45, 7) is 3.48. The molecule has 0 aromatic heterocycles. The Balaban J connectivity index is 1.56. The van der Waals surface area contributed by atoms with E-state index in [1.165, 1.54) is 11.1 Å². The normalized spacial score (nSPS) is 12.0. The van der Waals surface area contributed by atoms with E-state index in [0.717, 1.165) is 27.4 Å². The first kappa shape index (κ1) is 19.0. The third kappa shape index (κ3) is 5.34. The highest BCUT2D eigenvalue weighted by Crippen LogP contribution is 2.27. The molecule has 0 aliphatic rings. The fraction of sp³-hybridized carbons (Fsp3) is 0.182. The molecule has 134 valence electrons. The lowest BCUT2D eigenvalue weighted by Crippen LogP contribution is -2.17. The number of halogens is 2. The topological polar surface area (TPSA) is 21.3 Å². The Kier molecular flexibility index (Phi) is 6.73. The second kappa shape index (κ2) is 9.22. The van der Waals surface area contributed by atoms with E-state index in [4.69, 9.17) is 16.3 Å². The minimum Gasteiger partial charge on any atom is -0.488 e. The van der Waals surface area contributed by atoms with Crippen molar-refractivity contribution < 1.29 is 4.74 Å². The first-order valence-corrected chi connectivity index (χ1v) is 9.73. The summed E-state index contributed by atoms with van der Waals surface area (Å²) in [5.74, 6) is 0.833. The van der Waals surface area contributed by atoms with Crippen LogP contribution in [0.15, 0.2) is 77.3 Å². The lowest BCUT2D eigenvalue weighted by molar-refractivity contribution is 0.304. The van der Waals surface area contributed by atoms with Crippen LogP contribution in [0.4, 0.5) is 0 Å². The van der Waals surface area contributed by atoms with Crippen molar-refractivity contribution in [3.63, 3.8) is 0 Å². The standard InChI is InChI=1S/C22H21BrClNO/c1-16(19-5-3-2-4-6-19)25-14-18-9-12-22(21(23)13-18)26-15-17-7-10-20(24)11-8-17/h2-13,16,25H,14-15H2,1H3/t16-/m0/s1. The van der Waals surface area contributed by atoms with Gasteiger partial charge in [-0.05, 0) is 63.8 Å². The molecule has 0 aliphatic heterocycles. The average molecular weight is 431 g/mol. The molecule has 1 atom stereocenters. The SMILES string of the molecule is C[C@H](NCc1ccc(OCc2ccc(Cl)cc2)c(Br)c1)c1ccccc1. The molecule has 1 N–H and O–H groups in total. The van der Waals surface area contributed by atoms with E-state index >= 15 is 0 Å². The van der Waals surface area contributed by atoms with E-state index < -0.39 is 0 Å². The Morgan fingerprint density at radius 3 is 2.35 bits per heavy atom. The molecule has 4 heteroatoms. The second-order valence-electron chi connectivity index (χ2n) is 6.19. The van der Waals surface area contributed by atoms with Crippen LogP contribution in [-0.2, 0) is 13.2 Å². The van der Waals surface area contributed by atoms with Gasteiger partial charge in [-0.3, -0.25) is 0 Å². The molecule has 0 saturated heterocycles. The fourth-order valence-electron chi connectivity index (χ4n) is 2.64. The van der Waals surface area contributed by atoms with Crippen molar-refractivity contribution in [2.24, 2.45) is 0 Å². The van der Waals surface area contributed by atoms with E-state index in [9.17, 15) is 0 Å². The molecule has 0 heterocycles. The van der Waals surface area contributed by atoms with Crippen molar-refractivity contribution >= 4 is 27.5 Å². The zero-order chi connectivity index (χ0) is 18.4. The molecule has 26 heavy (non-hydrogen) atoms. The summed E-state index contributed by atoms with van der Waals surface area (Å²) in [7, 11) is 0. The van der Waals surface area contributed by atoms with Gasteiger partial charge in [0, 0.05) is 17.6 Å². The largest absolute Gasteiger partial charge is 0.488 e. The van der Waals surface area contributed by atoms with E-state index in [0.29, 0.717) is 12.6 Å². The predicted octanol–water partition coefficient (Wildman–Crippen LogP) is 6.53. The maximum absolute atomic E-state index is 5.91. The highest BCUT2D eigenvalue weighted by molar-refractivity contribution is 9.10. The van der Waals surface area contributed by atoms with Crippen LogP contribution in [0.2, 0.25) is 5.02 Å². The first-order valence-electron chi connectivity index (χ1n) is 8.56. The maximum atomic E-state index is 5.91. The summed E-state index contributed by atoms with van der Waals surface area (Å²) in [5, 5.41) is 4.28. The van der Waals surface area contributed by atoms with Crippen molar-refractivity contribution in [3.05, 3.63) is 99.0 Å². The summed E-state index contributed by atoms with van der Waals surface area (Å²) in [6.07, 6.45) is 0. The quantitative estimate of drug-likeness (QED) is 0.460. The molecule has 3 rings (SSSR count). The van der Waals surface area contributed by atoms with E-state index in [2.05, 4.69) is 64.6 Å². The average Bonchev–Trinajstić information content (AvgIpc) is 2.67. The molecule has 0 saturated carbocycles.